The van der Waals surface area contributed by atoms with Crippen molar-refractivity contribution >= 4 is 29.6 Å². The number of aliphatic hydroxyl groups excluding tert-OH is 3. The molecule has 0 aliphatic carbocycles. The van der Waals surface area contributed by atoms with Crippen LogP contribution in [0.3, 0.4) is 0 Å². The molecule has 3 aliphatic heterocycles. The summed E-state index contributed by atoms with van der Waals surface area (Å²) in [5.74, 6) is -4.40. The summed E-state index contributed by atoms with van der Waals surface area (Å²) in [5, 5.41) is 33.5. The smallest absolute Gasteiger partial charge is 0.331 e. The standard InChI is InChI=1S/C51H75NO15/c1-12-39-37(28-62-51-49(61-11)48(60-10)45(58)34(7)64-51)25-29(2)21-23-38(54)30(3)26-36(20-16-17-31(4)53)47(67-50-46(59)43(52(8)9)44(57)33(6)63-50)32(5)40(27-42(56)65-39)66-41(55)24-22-35-18-14-13-15-19-35/h13-19,21-25,30,32-34,36-37,39-40,43-51,57-59H,12,20,26-28H2,1-11H3/b17-16+,23-21+,24-22+,29-25+/t30-,32+,33+,34-,36+,37-,39-,40-,43-,44+,45-,46+,47-,48-,49-,50-,51-/m1/s1. The second kappa shape index (κ2) is 26.7. The van der Waals surface area contributed by atoms with Crippen molar-refractivity contribution in [3.8, 4) is 0 Å². The zero-order valence-corrected chi connectivity index (χ0v) is 41.0. The summed E-state index contributed by atoms with van der Waals surface area (Å²) < 4.78 is 49.0. The molecule has 0 saturated carbocycles. The Labute approximate surface area is 396 Å². The van der Waals surface area contributed by atoms with Gasteiger partial charge in [0, 0.05) is 38.0 Å². The molecule has 1 aromatic carbocycles. The molecular formula is C51H75NO15. The van der Waals surface area contributed by atoms with Crippen LogP contribution in [-0.4, -0.2) is 158 Å². The molecule has 374 valence electrons. The van der Waals surface area contributed by atoms with Crippen molar-refractivity contribution in [2.75, 3.05) is 34.9 Å². The van der Waals surface area contributed by atoms with Gasteiger partial charge in [0.05, 0.1) is 43.5 Å². The molecule has 16 nitrogen and oxygen atoms in total. The van der Waals surface area contributed by atoms with E-state index in [-0.39, 0.29) is 31.0 Å². The van der Waals surface area contributed by atoms with E-state index in [9.17, 15) is 34.5 Å². The van der Waals surface area contributed by atoms with E-state index in [1.54, 1.807) is 64.9 Å². The average molecular weight is 942 g/mol. The number of carbonyl (C=O) groups is 4. The van der Waals surface area contributed by atoms with Crippen LogP contribution in [0.15, 0.2) is 72.4 Å². The monoisotopic (exact) mass is 942 g/mol. The molecule has 0 aromatic heterocycles. The van der Waals surface area contributed by atoms with E-state index in [2.05, 4.69) is 0 Å². The molecule has 2 saturated heterocycles. The SMILES string of the molecule is CC[C@H]1OC(=O)C[C@@H](OC(=O)/C=C/c2ccccc2)[C@H](C)[C@@H](O[C@H]2O[C@@H](C)[C@H](O)[C@@H](N(C)C)[C@@H]2O)[C@@H](C/C=C/C(C)=O)C[C@@H](C)C(=O)/C=C/C(C)=C/[C@@H]1CO[C@@H]1O[C@H](C)[C@@H](O)[C@@H](OC)[C@H]1OC. The molecule has 4 rings (SSSR count). The fourth-order valence-electron chi connectivity index (χ4n) is 9.10. The normalized spacial score (nSPS) is 37.5. The maximum atomic E-state index is 14.4. The molecule has 0 amide bonds. The Morgan fingerprint density at radius 3 is 2.15 bits per heavy atom. The first-order chi connectivity index (χ1) is 31.8. The largest absolute Gasteiger partial charge is 0.462 e. The molecule has 2 fully saturated rings. The van der Waals surface area contributed by atoms with E-state index >= 15 is 0 Å². The molecule has 0 spiro atoms. The van der Waals surface area contributed by atoms with Gasteiger partial charge in [-0.15, -0.1) is 0 Å². The Morgan fingerprint density at radius 2 is 1.52 bits per heavy atom. The number of rotatable bonds is 15. The van der Waals surface area contributed by atoms with Crippen LogP contribution in [0.2, 0.25) is 0 Å². The van der Waals surface area contributed by atoms with Crippen molar-refractivity contribution in [2.45, 2.75) is 154 Å². The van der Waals surface area contributed by atoms with Gasteiger partial charge in [-0.2, -0.15) is 0 Å². The molecule has 0 radical (unpaired) electrons. The van der Waals surface area contributed by atoms with Gasteiger partial charge in [0.2, 0.25) is 0 Å². The fourth-order valence-corrected chi connectivity index (χ4v) is 9.10. The molecular weight excluding hydrogens is 867 g/mol. The van der Waals surface area contributed by atoms with Gasteiger partial charge in [-0.3, -0.25) is 14.4 Å². The third-order valence-corrected chi connectivity index (χ3v) is 13.0. The van der Waals surface area contributed by atoms with Crippen LogP contribution in [-0.2, 0) is 57.1 Å². The molecule has 3 N–H and O–H groups in total. The number of cyclic esters (lactones) is 1. The number of likely N-dealkylation sites (N-methyl/N-ethyl adjacent to an activating group) is 1. The van der Waals surface area contributed by atoms with Gasteiger partial charge in [-0.25, -0.2) is 4.79 Å². The Hall–Kier alpha value is -3.94. The van der Waals surface area contributed by atoms with Crippen molar-refractivity contribution < 1.29 is 72.4 Å². The van der Waals surface area contributed by atoms with Gasteiger partial charge in [0.15, 0.2) is 24.1 Å². The molecule has 17 atom stereocenters. The zero-order chi connectivity index (χ0) is 49.5. The second-order valence-electron chi connectivity index (χ2n) is 18.4. The number of ketones is 2. The Balaban J connectivity index is 1.82. The van der Waals surface area contributed by atoms with E-state index in [0.717, 1.165) is 5.56 Å². The molecule has 3 heterocycles. The first kappa shape index (κ1) is 55.7. The van der Waals surface area contributed by atoms with Crippen LogP contribution in [0.5, 0.6) is 0 Å². The van der Waals surface area contributed by atoms with E-state index < -0.39 is 122 Å². The van der Waals surface area contributed by atoms with E-state index in [0.29, 0.717) is 12.0 Å². The number of aliphatic hydroxyl groups is 3. The Bertz CT molecular complexity index is 1870. The summed E-state index contributed by atoms with van der Waals surface area (Å²) >= 11 is 0. The number of methoxy groups -OCH3 is 2. The van der Waals surface area contributed by atoms with Crippen LogP contribution >= 0.6 is 0 Å². The highest BCUT2D eigenvalue weighted by Gasteiger charge is 2.48. The molecule has 0 unspecified atom stereocenters. The van der Waals surface area contributed by atoms with Crippen LogP contribution in [0.1, 0.15) is 79.7 Å². The second-order valence-corrected chi connectivity index (χ2v) is 18.4. The van der Waals surface area contributed by atoms with E-state index in [1.165, 1.54) is 39.4 Å². The number of benzene rings is 1. The minimum atomic E-state index is -1.35. The Kier molecular flexibility index (Phi) is 22.2. The quantitative estimate of drug-likeness (QED) is 0.160. The summed E-state index contributed by atoms with van der Waals surface area (Å²) in [6.07, 6.45) is -0.173. The molecule has 1 aromatic rings. The fraction of sp³-hybridized carbons (Fsp3) is 0.647. The predicted octanol–water partition coefficient (Wildman–Crippen LogP) is 4.77. The minimum absolute atomic E-state index is 0.0274. The van der Waals surface area contributed by atoms with Crippen molar-refractivity contribution in [3.05, 3.63) is 77.9 Å². The van der Waals surface area contributed by atoms with Gasteiger partial charge in [0.1, 0.15) is 36.6 Å². The van der Waals surface area contributed by atoms with Crippen LogP contribution < -0.4 is 0 Å². The van der Waals surface area contributed by atoms with E-state index in [4.69, 9.17) is 37.9 Å². The number of hydrogen-bond acceptors (Lipinski definition) is 16. The zero-order valence-electron chi connectivity index (χ0n) is 41.0. The number of nitrogens with zero attached hydrogens (tertiary/aromatic N) is 1. The predicted molar refractivity (Wildman–Crippen MR) is 249 cm³/mol. The first-order valence-corrected chi connectivity index (χ1v) is 23.3. The summed E-state index contributed by atoms with van der Waals surface area (Å²) in [5.41, 5.74) is 1.43. The number of ether oxygens (including phenoxy) is 8. The van der Waals surface area contributed by atoms with Gasteiger partial charge in [-0.1, -0.05) is 74.9 Å². The maximum absolute atomic E-state index is 14.4. The summed E-state index contributed by atoms with van der Waals surface area (Å²) in [4.78, 5) is 56.0. The first-order valence-electron chi connectivity index (χ1n) is 23.3. The topological polar surface area (TPSA) is 206 Å². The van der Waals surface area contributed by atoms with Crippen LogP contribution in [0.4, 0.5) is 0 Å². The van der Waals surface area contributed by atoms with Gasteiger partial charge < -0.3 is 58.1 Å². The highest BCUT2D eigenvalue weighted by atomic mass is 16.7. The van der Waals surface area contributed by atoms with Crippen molar-refractivity contribution in [2.24, 2.45) is 23.7 Å². The van der Waals surface area contributed by atoms with Gasteiger partial charge in [0.25, 0.3) is 0 Å². The van der Waals surface area contributed by atoms with Crippen molar-refractivity contribution in [1.82, 2.24) is 4.90 Å². The van der Waals surface area contributed by atoms with Crippen LogP contribution in [0.25, 0.3) is 6.08 Å². The number of hydrogen-bond donors (Lipinski definition) is 3. The van der Waals surface area contributed by atoms with E-state index in [1.807, 2.05) is 50.3 Å². The molecule has 0 bridgehead atoms. The summed E-state index contributed by atoms with van der Waals surface area (Å²) in [7, 11) is 6.38. The molecule has 3 aliphatic rings. The highest BCUT2D eigenvalue weighted by molar-refractivity contribution is 5.92. The molecule has 16 heteroatoms. The van der Waals surface area contributed by atoms with Gasteiger partial charge in [-0.05, 0) is 90.8 Å². The van der Waals surface area contributed by atoms with Gasteiger partial charge >= 0.3 is 11.9 Å². The third kappa shape index (κ3) is 15.8. The van der Waals surface area contributed by atoms with Crippen LogP contribution in [0, 0.1) is 23.7 Å². The lowest BCUT2D eigenvalue weighted by atomic mass is 9.79. The lowest BCUT2D eigenvalue weighted by molar-refractivity contribution is -0.304. The Morgan fingerprint density at radius 1 is 0.866 bits per heavy atom. The highest BCUT2D eigenvalue weighted by Crippen LogP contribution is 2.36. The third-order valence-electron chi connectivity index (χ3n) is 13.0. The lowest BCUT2D eigenvalue weighted by Gasteiger charge is -2.46. The number of carbonyl (C=O) groups excluding carboxylic acids is 4. The average Bonchev–Trinajstić information content (AvgIpc) is 3.28. The van der Waals surface area contributed by atoms with Crippen molar-refractivity contribution in [3.63, 3.8) is 0 Å². The van der Waals surface area contributed by atoms with Crippen molar-refractivity contribution in [1.29, 1.82) is 0 Å². The number of allylic oxidation sites excluding steroid dienone is 5. The molecule has 67 heavy (non-hydrogen) atoms. The summed E-state index contributed by atoms with van der Waals surface area (Å²) in [6, 6.07) is 8.36. The lowest BCUT2D eigenvalue weighted by Crippen LogP contribution is -2.63. The number of esters is 2. The summed E-state index contributed by atoms with van der Waals surface area (Å²) in [6.45, 7) is 12.0. The minimum Gasteiger partial charge on any atom is -0.462 e. The maximum Gasteiger partial charge on any atom is 0.331 e.